The number of benzene rings is 1. The van der Waals surface area contributed by atoms with Crippen molar-refractivity contribution < 1.29 is 9.59 Å². The molecule has 0 saturated heterocycles. The number of aryl methyl sites for hydroxylation is 2. The van der Waals surface area contributed by atoms with E-state index in [1.165, 1.54) is 6.92 Å². The highest BCUT2D eigenvalue weighted by Gasteiger charge is 2.25. The van der Waals surface area contributed by atoms with Crippen molar-refractivity contribution in [2.24, 2.45) is 13.0 Å². The Hall–Kier alpha value is -3.42. The third kappa shape index (κ3) is 4.42. The van der Waals surface area contributed by atoms with E-state index < -0.39 is 0 Å². The monoisotopic (exact) mass is 406 g/mol. The van der Waals surface area contributed by atoms with Gasteiger partial charge in [0.15, 0.2) is 0 Å². The topological polar surface area (TPSA) is 93.8 Å². The molecule has 1 aromatic carbocycles. The molecule has 156 valence electrons. The van der Waals surface area contributed by atoms with Crippen LogP contribution in [0.3, 0.4) is 0 Å². The van der Waals surface area contributed by atoms with Gasteiger partial charge in [0.1, 0.15) is 0 Å². The molecular weight excluding hydrogens is 380 g/mol. The molecule has 0 spiro atoms. The normalized spacial score (nSPS) is 15.5. The largest absolute Gasteiger partial charge is 0.356 e. The first kappa shape index (κ1) is 19.9. The van der Waals surface area contributed by atoms with Crippen LogP contribution < -0.4 is 10.6 Å². The summed E-state index contributed by atoms with van der Waals surface area (Å²) in [6.07, 6.45) is 7.12. The maximum absolute atomic E-state index is 12.8. The fraction of sp³-hybridized carbons (Fsp3) is 0.364. The summed E-state index contributed by atoms with van der Waals surface area (Å²) in [6.45, 7) is 3.35. The molecule has 2 amide bonds. The molecule has 2 aromatic heterocycles. The lowest BCUT2D eigenvalue weighted by Gasteiger charge is -2.24. The van der Waals surface area contributed by atoms with Gasteiger partial charge in [0, 0.05) is 45.4 Å². The Labute approximate surface area is 175 Å². The Morgan fingerprint density at radius 3 is 2.80 bits per heavy atom. The van der Waals surface area contributed by atoms with E-state index in [1.807, 2.05) is 42.3 Å². The number of aromatic nitrogens is 4. The summed E-state index contributed by atoms with van der Waals surface area (Å²) in [6, 6.07) is 8.08. The number of rotatable bonds is 6. The van der Waals surface area contributed by atoms with E-state index in [2.05, 4.69) is 26.9 Å². The molecule has 3 heterocycles. The van der Waals surface area contributed by atoms with Crippen LogP contribution in [0.1, 0.15) is 35.0 Å². The van der Waals surface area contributed by atoms with Gasteiger partial charge in [0.2, 0.25) is 5.91 Å². The minimum absolute atomic E-state index is 0.0273. The average Bonchev–Trinajstić information content (AvgIpc) is 3.36. The van der Waals surface area contributed by atoms with Gasteiger partial charge in [0.05, 0.1) is 23.7 Å². The van der Waals surface area contributed by atoms with E-state index in [9.17, 15) is 9.59 Å². The molecule has 0 aliphatic carbocycles. The molecule has 1 aliphatic rings. The zero-order valence-corrected chi connectivity index (χ0v) is 17.3. The van der Waals surface area contributed by atoms with Crippen molar-refractivity contribution >= 4 is 11.8 Å². The molecule has 1 atom stereocenters. The van der Waals surface area contributed by atoms with Crippen LogP contribution in [0.4, 0.5) is 0 Å². The Bertz CT molecular complexity index is 1070. The van der Waals surface area contributed by atoms with Crippen molar-refractivity contribution in [2.45, 2.75) is 32.9 Å². The third-order valence-corrected chi connectivity index (χ3v) is 5.48. The standard InChI is InChI=1S/C22H26N6O2/c1-15(29)23-10-17-6-7-28-21(9-17)20(13-26-28)22(30)24-11-16-4-3-5-18(8-16)19-12-25-27(2)14-19/h3-5,8,12-14,17H,6-7,9-11H2,1-2H3,(H,23,29)(H,24,30). The first-order valence-corrected chi connectivity index (χ1v) is 10.1. The third-order valence-electron chi connectivity index (χ3n) is 5.48. The number of carbonyl (C=O) groups excluding carboxylic acids is 2. The molecule has 30 heavy (non-hydrogen) atoms. The predicted octanol–water partition coefficient (Wildman–Crippen LogP) is 1.91. The second-order valence-corrected chi connectivity index (χ2v) is 7.81. The van der Waals surface area contributed by atoms with Crippen LogP contribution in [0.5, 0.6) is 0 Å². The number of nitrogens with zero attached hydrogens (tertiary/aromatic N) is 4. The predicted molar refractivity (Wildman–Crippen MR) is 113 cm³/mol. The second-order valence-electron chi connectivity index (χ2n) is 7.81. The number of carbonyl (C=O) groups is 2. The average molecular weight is 406 g/mol. The summed E-state index contributed by atoms with van der Waals surface area (Å²) in [5, 5.41) is 14.5. The quantitative estimate of drug-likeness (QED) is 0.654. The van der Waals surface area contributed by atoms with Crippen LogP contribution >= 0.6 is 0 Å². The molecule has 1 aliphatic heterocycles. The molecular formula is C22H26N6O2. The lowest BCUT2D eigenvalue weighted by atomic mass is 9.94. The fourth-order valence-electron chi connectivity index (χ4n) is 3.86. The van der Waals surface area contributed by atoms with E-state index in [-0.39, 0.29) is 11.8 Å². The lowest BCUT2D eigenvalue weighted by Crippen LogP contribution is -2.33. The summed E-state index contributed by atoms with van der Waals surface area (Å²) in [7, 11) is 1.89. The van der Waals surface area contributed by atoms with Crippen LogP contribution in [0.15, 0.2) is 42.9 Å². The molecule has 3 aromatic rings. The van der Waals surface area contributed by atoms with Crippen molar-refractivity contribution in [3.05, 3.63) is 59.7 Å². The van der Waals surface area contributed by atoms with Crippen molar-refractivity contribution in [1.29, 1.82) is 0 Å². The Morgan fingerprint density at radius 2 is 2.03 bits per heavy atom. The first-order chi connectivity index (χ1) is 14.5. The van der Waals surface area contributed by atoms with Gasteiger partial charge < -0.3 is 10.6 Å². The number of hydrogen-bond donors (Lipinski definition) is 2. The van der Waals surface area contributed by atoms with E-state index in [1.54, 1.807) is 10.9 Å². The van der Waals surface area contributed by atoms with Gasteiger partial charge in [-0.25, -0.2) is 0 Å². The van der Waals surface area contributed by atoms with Crippen molar-refractivity contribution in [2.75, 3.05) is 6.54 Å². The van der Waals surface area contributed by atoms with Crippen LogP contribution in [0.2, 0.25) is 0 Å². The Kier molecular flexibility index (Phi) is 5.65. The van der Waals surface area contributed by atoms with Crippen LogP contribution in [-0.4, -0.2) is 37.9 Å². The highest BCUT2D eigenvalue weighted by Crippen LogP contribution is 2.23. The molecule has 4 rings (SSSR count). The fourth-order valence-corrected chi connectivity index (χ4v) is 3.86. The SMILES string of the molecule is CC(=O)NCC1CCn2ncc(C(=O)NCc3cccc(-c4cnn(C)c4)c3)c2C1. The minimum atomic E-state index is -0.122. The zero-order chi connectivity index (χ0) is 21.1. The summed E-state index contributed by atoms with van der Waals surface area (Å²) < 4.78 is 3.68. The van der Waals surface area contributed by atoms with Crippen LogP contribution in [0, 0.1) is 5.92 Å². The smallest absolute Gasteiger partial charge is 0.255 e. The van der Waals surface area contributed by atoms with Gasteiger partial charge >= 0.3 is 0 Å². The van der Waals surface area contributed by atoms with E-state index >= 15 is 0 Å². The molecule has 0 radical (unpaired) electrons. The summed E-state index contributed by atoms with van der Waals surface area (Å²) in [5.41, 5.74) is 4.69. The van der Waals surface area contributed by atoms with Crippen LogP contribution in [0.25, 0.3) is 11.1 Å². The summed E-state index contributed by atoms with van der Waals surface area (Å²) in [5.74, 6) is 0.171. The zero-order valence-electron chi connectivity index (χ0n) is 17.3. The Balaban J connectivity index is 1.41. The number of hydrogen-bond acceptors (Lipinski definition) is 4. The second kappa shape index (κ2) is 8.52. The Morgan fingerprint density at radius 1 is 1.17 bits per heavy atom. The molecule has 0 fully saturated rings. The number of amides is 2. The molecule has 0 bridgehead atoms. The van der Waals surface area contributed by atoms with Crippen molar-refractivity contribution in [1.82, 2.24) is 30.2 Å². The van der Waals surface area contributed by atoms with Gasteiger partial charge in [-0.3, -0.25) is 19.0 Å². The number of nitrogens with one attached hydrogen (secondary N) is 2. The summed E-state index contributed by atoms with van der Waals surface area (Å²) >= 11 is 0. The molecule has 8 nitrogen and oxygen atoms in total. The van der Waals surface area contributed by atoms with Gasteiger partial charge in [-0.05, 0) is 36.0 Å². The van der Waals surface area contributed by atoms with E-state index in [4.69, 9.17) is 0 Å². The molecule has 0 saturated carbocycles. The highest BCUT2D eigenvalue weighted by atomic mass is 16.2. The van der Waals surface area contributed by atoms with Crippen molar-refractivity contribution in [3.63, 3.8) is 0 Å². The van der Waals surface area contributed by atoms with Gasteiger partial charge in [0.25, 0.3) is 5.91 Å². The van der Waals surface area contributed by atoms with E-state index in [0.717, 1.165) is 41.8 Å². The lowest BCUT2D eigenvalue weighted by molar-refractivity contribution is -0.119. The maximum Gasteiger partial charge on any atom is 0.255 e. The first-order valence-electron chi connectivity index (χ1n) is 10.1. The molecule has 8 heteroatoms. The van der Waals surface area contributed by atoms with Gasteiger partial charge in [-0.15, -0.1) is 0 Å². The molecule has 1 unspecified atom stereocenters. The summed E-state index contributed by atoms with van der Waals surface area (Å²) in [4.78, 5) is 24.0. The van der Waals surface area contributed by atoms with E-state index in [0.29, 0.717) is 24.6 Å². The minimum Gasteiger partial charge on any atom is -0.356 e. The maximum atomic E-state index is 12.8. The van der Waals surface area contributed by atoms with Crippen molar-refractivity contribution in [3.8, 4) is 11.1 Å². The van der Waals surface area contributed by atoms with Gasteiger partial charge in [-0.2, -0.15) is 10.2 Å². The van der Waals surface area contributed by atoms with Gasteiger partial charge in [-0.1, -0.05) is 18.2 Å². The highest BCUT2D eigenvalue weighted by molar-refractivity contribution is 5.95. The molecule has 2 N–H and O–H groups in total. The number of fused-ring (bicyclic) bond motifs is 1. The van der Waals surface area contributed by atoms with Crippen LogP contribution in [-0.2, 0) is 31.4 Å².